The lowest BCUT2D eigenvalue weighted by molar-refractivity contribution is -0.140. The fraction of sp³-hybridized carbons (Fsp3) is 0.462. The summed E-state index contributed by atoms with van der Waals surface area (Å²) in [4.78, 5) is 11.2. The van der Waals surface area contributed by atoms with Gasteiger partial charge in [-0.15, -0.1) is 0 Å². The van der Waals surface area contributed by atoms with E-state index in [2.05, 4.69) is 5.32 Å². The summed E-state index contributed by atoms with van der Waals surface area (Å²) in [7, 11) is 0. The van der Waals surface area contributed by atoms with Crippen LogP contribution in [0.3, 0.4) is 0 Å². The van der Waals surface area contributed by atoms with Crippen molar-refractivity contribution in [1.82, 2.24) is 5.32 Å². The molecular formula is C13H17NO2. The summed E-state index contributed by atoms with van der Waals surface area (Å²) in [6, 6.07) is 9.73. The summed E-state index contributed by atoms with van der Waals surface area (Å²) >= 11 is 0. The van der Waals surface area contributed by atoms with Gasteiger partial charge in [0.15, 0.2) is 0 Å². The van der Waals surface area contributed by atoms with E-state index in [4.69, 9.17) is 0 Å². The molecule has 3 nitrogen and oxygen atoms in total. The summed E-state index contributed by atoms with van der Waals surface area (Å²) in [5.41, 5.74) is 1.07. The molecule has 0 saturated heterocycles. The van der Waals surface area contributed by atoms with Crippen molar-refractivity contribution in [3.8, 4) is 0 Å². The lowest BCUT2D eigenvalue weighted by Gasteiger charge is -2.21. The van der Waals surface area contributed by atoms with Gasteiger partial charge in [0.1, 0.15) is 6.04 Å². The Morgan fingerprint density at radius 1 is 1.38 bits per heavy atom. The maximum Gasteiger partial charge on any atom is 0.321 e. The fourth-order valence-electron chi connectivity index (χ4n) is 1.88. The van der Waals surface area contributed by atoms with E-state index < -0.39 is 12.0 Å². The second kappa shape index (κ2) is 4.66. The van der Waals surface area contributed by atoms with Gasteiger partial charge in [-0.1, -0.05) is 37.3 Å². The Kier molecular flexibility index (Phi) is 3.25. The molecule has 2 N–H and O–H groups in total. The normalized spacial score (nSPS) is 19.1. The van der Waals surface area contributed by atoms with Crippen LogP contribution in [0.4, 0.5) is 0 Å². The summed E-state index contributed by atoms with van der Waals surface area (Å²) in [5.74, 6) is -0.762. The summed E-state index contributed by atoms with van der Waals surface area (Å²) in [6.07, 6.45) is 2.20. The van der Waals surface area contributed by atoms with E-state index in [0.717, 1.165) is 18.4 Å². The third-order valence-corrected chi connectivity index (χ3v) is 3.08. The molecule has 2 atom stereocenters. The third-order valence-electron chi connectivity index (χ3n) is 3.08. The predicted molar refractivity (Wildman–Crippen MR) is 62.4 cm³/mol. The highest BCUT2D eigenvalue weighted by atomic mass is 16.4. The first kappa shape index (κ1) is 11.1. The molecule has 2 rings (SSSR count). The molecule has 0 aliphatic heterocycles. The van der Waals surface area contributed by atoms with Crippen molar-refractivity contribution in [2.24, 2.45) is 0 Å². The molecule has 1 fully saturated rings. The van der Waals surface area contributed by atoms with Crippen molar-refractivity contribution in [2.45, 2.75) is 37.8 Å². The van der Waals surface area contributed by atoms with E-state index in [1.54, 1.807) is 0 Å². The molecule has 3 heteroatoms. The van der Waals surface area contributed by atoms with E-state index in [-0.39, 0.29) is 5.92 Å². The highest BCUT2D eigenvalue weighted by Crippen LogP contribution is 2.25. The number of carboxylic acids is 1. The van der Waals surface area contributed by atoms with E-state index in [1.807, 2.05) is 37.3 Å². The molecular weight excluding hydrogens is 202 g/mol. The Bertz CT molecular complexity index is 359. The number of aliphatic carboxylic acids is 1. The molecule has 86 valence electrons. The minimum absolute atomic E-state index is 0.000648. The molecule has 0 bridgehead atoms. The average Bonchev–Trinajstić information content (AvgIpc) is 3.09. The van der Waals surface area contributed by atoms with Crippen LogP contribution in [-0.4, -0.2) is 23.2 Å². The maximum absolute atomic E-state index is 11.2. The molecule has 0 spiro atoms. The average molecular weight is 219 g/mol. The number of rotatable bonds is 5. The van der Waals surface area contributed by atoms with Crippen LogP contribution < -0.4 is 5.32 Å². The van der Waals surface area contributed by atoms with Crippen molar-refractivity contribution >= 4 is 5.97 Å². The van der Waals surface area contributed by atoms with Crippen molar-refractivity contribution in [3.63, 3.8) is 0 Å². The van der Waals surface area contributed by atoms with Crippen molar-refractivity contribution in [1.29, 1.82) is 0 Å². The molecule has 0 heterocycles. The Labute approximate surface area is 95.5 Å². The largest absolute Gasteiger partial charge is 0.480 e. The van der Waals surface area contributed by atoms with Gasteiger partial charge in [-0.25, -0.2) is 0 Å². The van der Waals surface area contributed by atoms with Crippen LogP contribution in [0.25, 0.3) is 0 Å². The van der Waals surface area contributed by atoms with Crippen LogP contribution >= 0.6 is 0 Å². The first-order valence-electron chi connectivity index (χ1n) is 5.72. The van der Waals surface area contributed by atoms with Crippen LogP contribution in [0, 0.1) is 0 Å². The highest BCUT2D eigenvalue weighted by Gasteiger charge is 2.32. The Balaban J connectivity index is 2.09. The topological polar surface area (TPSA) is 49.3 Å². The van der Waals surface area contributed by atoms with Gasteiger partial charge in [0.25, 0.3) is 0 Å². The van der Waals surface area contributed by atoms with Gasteiger partial charge in [-0.05, 0) is 18.4 Å². The standard InChI is InChI=1S/C13H17NO2/c1-9(10-5-3-2-4-6-10)12(13(15)16)14-11-7-8-11/h2-6,9,11-12,14H,7-8H2,1H3,(H,15,16)/t9-,12-/m0/s1. The number of carbonyl (C=O) groups is 1. The van der Waals surface area contributed by atoms with Crippen LogP contribution in [0.15, 0.2) is 30.3 Å². The molecule has 1 aliphatic rings. The Morgan fingerprint density at radius 2 is 2.00 bits per heavy atom. The molecule has 0 unspecified atom stereocenters. The lowest BCUT2D eigenvalue weighted by atomic mass is 9.93. The predicted octanol–water partition coefficient (Wildman–Crippen LogP) is 2.00. The second-order valence-electron chi connectivity index (χ2n) is 4.46. The van der Waals surface area contributed by atoms with Crippen molar-refractivity contribution in [2.75, 3.05) is 0 Å². The summed E-state index contributed by atoms with van der Waals surface area (Å²) in [6.45, 7) is 1.96. The van der Waals surface area contributed by atoms with Gasteiger partial charge in [-0.3, -0.25) is 4.79 Å². The smallest absolute Gasteiger partial charge is 0.321 e. The van der Waals surface area contributed by atoms with Crippen LogP contribution in [-0.2, 0) is 4.79 Å². The first-order chi connectivity index (χ1) is 7.68. The molecule has 1 aliphatic carbocycles. The molecule has 0 radical (unpaired) electrons. The minimum Gasteiger partial charge on any atom is -0.480 e. The van der Waals surface area contributed by atoms with Gasteiger partial charge in [0.05, 0.1) is 0 Å². The van der Waals surface area contributed by atoms with Crippen LogP contribution in [0.1, 0.15) is 31.2 Å². The van der Waals surface area contributed by atoms with E-state index in [9.17, 15) is 9.90 Å². The summed E-state index contributed by atoms with van der Waals surface area (Å²) in [5, 5.41) is 12.4. The zero-order chi connectivity index (χ0) is 11.5. The molecule has 0 aromatic heterocycles. The minimum atomic E-state index is -0.761. The third kappa shape index (κ3) is 2.61. The second-order valence-corrected chi connectivity index (χ2v) is 4.46. The van der Waals surface area contributed by atoms with Gasteiger partial charge < -0.3 is 10.4 Å². The van der Waals surface area contributed by atoms with Crippen molar-refractivity contribution < 1.29 is 9.90 Å². The van der Waals surface area contributed by atoms with E-state index >= 15 is 0 Å². The zero-order valence-electron chi connectivity index (χ0n) is 9.39. The highest BCUT2D eigenvalue weighted by molar-refractivity contribution is 5.75. The van der Waals surface area contributed by atoms with Crippen molar-refractivity contribution in [3.05, 3.63) is 35.9 Å². The number of nitrogens with one attached hydrogen (secondary N) is 1. The molecule has 1 aromatic rings. The monoisotopic (exact) mass is 219 g/mol. The molecule has 1 saturated carbocycles. The quantitative estimate of drug-likeness (QED) is 0.796. The number of hydrogen-bond donors (Lipinski definition) is 2. The van der Waals surface area contributed by atoms with Gasteiger partial charge in [-0.2, -0.15) is 0 Å². The van der Waals surface area contributed by atoms with Gasteiger partial charge in [0, 0.05) is 12.0 Å². The summed E-state index contributed by atoms with van der Waals surface area (Å²) < 4.78 is 0. The van der Waals surface area contributed by atoms with E-state index in [0.29, 0.717) is 6.04 Å². The molecule has 16 heavy (non-hydrogen) atoms. The maximum atomic E-state index is 11.2. The zero-order valence-corrected chi connectivity index (χ0v) is 9.39. The Morgan fingerprint density at radius 3 is 2.50 bits per heavy atom. The van der Waals surface area contributed by atoms with Gasteiger partial charge in [0.2, 0.25) is 0 Å². The molecule has 0 amide bonds. The SMILES string of the molecule is C[C@@H](c1ccccc1)[C@H](NC1CC1)C(=O)O. The number of hydrogen-bond acceptors (Lipinski definition) is 2. The van der Waals surface area contributed by atoms with E-state index in [1.165, 1.54) is 0 Å². The molecule has 1 aromatic carbocycles. The first-order valence-corrected chi connectivity index (χ1v) is 5.72. The number of benzene rings is 1. The van der Waals surface area contributed by atoms with Crippen LogP contribution in [0.5, 0.6) is 0 Å². The van der Waals surface area contributed by atoms with Crippen LogP contribution in [0.2, 0.25) is 0 Å². The number of carboxylic acid groups (broad SMARTS) is 1. The lowest BCUT2D eigenvalue weighted by Crippen LogP contribution is -2.42. The Hall–Kier alpha value is -1.35. The fourth-order valence-corrected chi connectivity index (χ4v) is 1.88. The van der Waals surface area contributed by atoms with Gasteiger partial charge >= 0.3 is 5.97 Å².